The summed E-state index contributed by atoms with van der Waals surface area (Å²) in [5.41, 5.74) is 0.996. The number of hydrogen-bond donors (Lipinski definition) is 0. The first-order chi connectivity index (χ1) is 10.7. The molecule has 134 valence electrons. The van der Waals surface area contributed by atoms with Crippen molar-refractivity contribution < 1.29 is 4.79 Å². The molecule has 0 aromatic rings. The van der Waals surface area contributed by atoms with Crippen molar-refractivity contribution in [2.75, 3.05) is 32.7 Å². The molecule has 3 heteroatoms. The van der Waals surface area contributed by atoms with Crippen LogP contribution in [0.4, 0.5) is 0 Å². The Labute approximate surface area is 143 Å². The van der Waals surface area contributed by atoms with Crippen LogP contribution >= 0.6 is 0 Å². The first-order valence-corrected chi connectivity index (χ1v) is 9.76. The third kappa shape index (κ3) is 5.20. The Morgan fingerprint density at radius 2 is 1.78 bits per heavy atom. The lowest BCUT2D eigenvalue weighted by atomic mass is 9.71. The fourth-order valence-corrected chi connectivity index (χ4v) is 4.28. The molecule has 2 heterocycles. The quantitative estimate of drug-likeness (QED) is 0.732. The van der Waals surface area contributed by atoms with Gasteiger partial charge in [-0.25, -0.2) is 0 Å². The second-order valence-corrected chi connectivity index (χ2v) is 9.39. The maximum absolute atomic E-state index is 12.4. The topological polar surface area (TPSA) is 23.6 Å². The molecule has 23 heavy (non-hydrogen) atoms. The van der Waals surface area contributed by atoms with Crippen molar-refractivity contribution in [3.05, 3.63) is 0 Å². The van der Waals surface area contributed by atoms with Gasteiger partial charge in [0, 0.05) is 32.1 Å². The SMILES string of the molecule is CCCC(C)C(=O)N1CCC2(CC1)CN(CCCC(C)(C)C)C2. The van der Waals surface area contributed by atoms with Gasteiger partial charge in [0.2, 0.25) is 5.91 Å². The van der Waals surface area contributed by atoms with Crippen molar-refractivity contribution in [1.82, 2.24) is 9.80 Å². The summed E-state index contributed by atoms with van der Waals surface area (Å²) in [6, 6.07) is 0. The van der Waals surface area contributed by atoms with Gasteiger partial charge in [-0.3, -0.25) is 4.79 Å². The minimum atomic E-state index is 0.212. The second-order valence-electron chi connectivity index (χ2n) is 9.39. The van der Waals surface area contributed by atoms with Crippen LogP contribution in [0.3, 0.4) is 0 Å². The van der Waals surface area contributed by atoms with Gasteiger partial charge in [-0.1, -0.05) is 41.0 Å². The van der Waals surface area contributed by atoms with E-state index >= 15 is 0 Å². The molecule has 2 aliphatic rings. The van der Waals surface area contributed by atoms with Crippen molar-refractivity contribution in [2.24, 2.45) is 16.7 Å². The summed E-state index contributed by atoms with van der Waals surface area (Å²) in [6.07, 6.45) is 7.20. The summed E-state index contributed by atoms with van der Waals surface area (Å²) >= 11 is 0. The van der Waals surface area contributed by atoms with Crippen LogP contribution in [0.5, 0.6) is 0 Å². The summed E-state index contributed by atoms with van der Waals surface area (Å²) in [7, 11) is 0. The van der Waals surface area contributed by atoms with Crippen molar-refractivity contribution in [2.45, 2.75) is 73.1 Å². The van der Waals surface area contributed by atoms with Crippen LogP contribution in [-0.2, 0) is 4.79 Å². The highest BCUT2D eigenvalue weighted by molar-refractivity contribution is 5.78. The lowest BCUT2D eigenvalue weighted by Gasteiger charge is -2.54. The molecule has 2 fully saturated rings. The summed E-state index contributed by atoms with van der Waals surface area (Å²) < 4.78 is 0. The van der Waals surface area contributed by atoms with Crippen molar-refractivity contribution >= 4 is 5.91 Å². The molecule has 1 spiro atoms. The van der Waals surface area contributed by atoms with Crippen LogP contribution in [-0.4, -0.2) is 48.4 Å². The molecule has 0 radical (unpaired) electrons. The van der Waals surface area contributed by atoms with Gasteiger partial charge in [0.25, 0.3) is 0 Å². The molecule has 0 bridgehead atoms. The molecular weight excluding hydrogens is 284 g/mol. The molecule has 2 aliphatic heterocycles. The minimum absolute atomic E-state index is 0.212. The van der Waals surface area contributed by atoms with E-state index in [0.717, 1.165) is 25.9 Å². The van der Waals surface area contributed by atoms with E-state index in [1.807, 2.05) is 0 Å². The highest BCUT2D eigenvalue weighted by Crippen LogP contribution is 2.41. The third-order valence-corrected chi connectivity index (χ3v) is 5.80. The Kier molecular flexibility index (Phi) is 6.16. The maximum atomic E-state index is 12.4. The Hall–Kier alpha value is -0.570. The smallest absolute Gasteiger partial charge is 0.225 e. The van der Waals surface area contributed by atoms with Crippen LogP contribution in [0.15, 0.2) is 0 Å². The van der Waals surface area contributed by atoms with Crippen molar-refractivity contribution in [3.63, 3.8) is 0 Å². The molecule has 0 aliphatic carbocycles. The summed E-state index contributed by atoms with van der Waals surface area (Å²) in [5, 5.41) is 0. The van der Waals surface area contributed by atoms with E-state index in [2.05, 4.69) is 44.4 Å². The summed E-state index contributed by atoms with van der Waals surface area (Å²) in [5.74, 6) is 0.604. The van der Waals surface area contributed by atoms with Crippen LogP contribution < -0.4 is 0 Å². The van der Waals surface area contributed by atoms with Gasteiger partial charge in [0.1, 0.15) is 0 Å². The lowest BCUT2D eigenvalue weighted by molar-refractivity contribution is -0.140. The minimum Gasteiger partial charge on any atom is -0.342 e. The fraction of sp³-hybridized carbons (Fsp3) is 0.950. The van der Waals surface area contributed by atoms with E-state index in [4.69, 9.17) is 0 Å². The van der Waals surface area contributed by atoms with Crippen molar-refractivity contribution in [1.29, 1.82) is 0 Å². The number of nitrogens with zero attached hydrogens (tertiary/aromatic N) is 2. The maximum Gasteiger partial charge on any atom is 0.225 e. The molecule has 0 saturated carbocycles. The first-order valence-electron chi connectivity index (χ1n) is 9.76. The Bertz CT molecular complexity index is 383. The molecule has 1 unspecified atom stereocenters. The monoisotopic (exact) mass is 322 g/mol. The van der Waals surface area contributed by atoms with Gasteiger partial charge in [-0.05, 0) is 49.5 Å². The second kappa shape index (κ2) is 7.55. The van der Waals surface area contributed by atoms with E-state index in [9.17, 15) is 4.79 Å². The van der Waals surface area contributed by atoms with Gasteiger partial charge in [-0.15, -0.1) is 0 Å². The number of carbonyl (C=O) groups is 1. The normalized spacial score (nSPS) is 22.9. The molecule has 0 aromatic carbocycles. The molecule has 2 rings (SSSR count). The van der Waals surface area contributed by atoms with Crippen LogP contribution in [0.25, 0.3) is 0 Å². The van der Waals surface area contributed by atoms with Crippen LogP contribution in [0.1, 0.15) is 73.1 Å². The van der Waals surface area contributed by atoms with E-state index in [-0.39, 0.29) is 5.92 Å². The zero-order valence-electron chi connectivity index (χ0n) is 16.2. The van der Waals surface area contributed by atoms with E-state index < -0.39 is 0 Å². The molecule has 3 nitrogen and oxygen atoms in total. The number of likely N-dealkylation sites (tertiary alicyclic amines) is 2. The van der Waals surface area contributed by atoms with Crippen molar-refractivity contribution in [3.8, 4) is 0 Å². The molecule has 0 N–H and O–H groups in total. The Morgan fingerprint density at radius 3 is 2.30 bits per heavy atom. The summed E-state index contributed by atoms with van der Waals surface area (Å²) in [6.45, 7) is 17.0. The number of carbonyl (C=O) groups excluding carboxylic acids is 1. The molecule has 1 atom stereocenters. The molecule has 1 amide bonds. The van der Waals surface area contributed by atoms with Gasteiger partial charge in [-0.2, -0.15) is 0 Å². The first kappa shape index (κ1) is 18.8. The van der Waals surface area contributed by atoms with Gasteiger partial charge < -0.3 is 9.80 Å². The predicted molar refractivity (Wildman–Crippen MR) is 97.4 cm³/mol. The van der Waals surface area contributed by atoms with Gasteiger partial charge in [0.15, 0.2) is 0 Å². The highest BCUT2D eigenvalue weighted by atomic mass is 16.2. The van der Waals surface area contributed by atoms with Crippen LogP contribution in [0, 0.1) is 16.7 Å². The third-order valence-electron chi connectivity index (χ3n) is 5.80. The van der Waals surface area contributed by atoms with E-state index in [0.29, 0.717) is 16.7 Å². The number of rotatable bonds is 6. The Morgan fingerprint density at radius 1 is 1.17 bits per heavy atom. The lowest BCUT2D eigenvalue weighted by Crippen LogP contribution is -2.61. The average Bonchev–Trinajstić information content (AvgIpc) is 2.44. The fourth-order valence-electron chi connectivity index (χ4n) is 4.28. The average molecular weight is 323 g/mol. The largest absolute Gasteiger partial charge is 0.342 e. The van der Waals surface area contributed by atoms with E-state index in [1.54, 1.807) is 0 Å². The zero-order chi connectivity index (χ0) is 17.1. The highest BCUT2D eigenvalue weighted by Gasteiger charge is 2.45. The number of hydrogen-bond acceptors (Lipinski definition) is 2. The van der Waals surface area contributed by atoms with Crippen LogP contribution in [0.2, 0.25) is 0 Å². The number of amides is 1. The zero-order valence-corrected chi connectivity index (χ0v) is 16.2. The van der Waals surface area contributed by atoms with Gasteiger partial charge in [0.05, 0.1) is 0 Å². The Balaban J connectivity index is 1.67. The standard InChI is InChI=1S/C20H38N2O/c1-6-8-17(2)18(23)22-13-10-20(11-14-22)15-21(16-20)12-7-9-19(3,4)5/h17H,6-16H2,1-5H3. The van der Waals surface area contributed by atoms with Gasteiger partial charge >= 0.3 is 0 Å². The van der Waals surface area contributed by atoms with E-state index in [1.165, 1.54) is 45.3 Å². The number of piperidine rings is 1. The predicted octanol–water partition coefficient (Wildman–Crippen LogP) is 4.17. The molecular formula is C20H38N2O. The molecule has 0 aromatic heterocycles. The summed E-state index contributed by atoms with van der Waals surface area (Å²) in [4.78, 5) is 17.2. The molecule has 2 saturated heterocycles.